The molecule has 1 atom stereocenters. The number of carbonyl (C=O) groups excluding carboxylic acids is 2. The van der Waals surface area contributed by atoms with Crippen molar-refractivity contribution in [3.05, 3.63) is 0 Å². The minimum Gasteiger partial charge on any atom is -0.456 e. The highest BCUT2D eigenvalue weighted by Gasteiger charge is 2.60. The van der Waals surface area contributed by atoms with Gasteiger partial charge < -0.3 is 4.74 Å². The van der Waals surface area contributed by atoms with Gasteiger partial charge in [0.25, 0.3) is 0 Å². The lowest BCUT2D eigenvalue weighted by Gasteiger charge is -2.45. The van der Waals surface area contributed by atoms with Crippen molar-refractivity contribution < 1.29 is 14.3 Å². The second kappa shape index (κ2) is 3.76. The van der Waals surface area contributed by atoms with E-state index in [1.807, 2.05) is 0 Å². The number of ketones is 1. The molecule has 0 aromatic rings. The fourth-order valence-electron chi connectivity index (χ4n) is 1.89. The first kappa shape index (κ1) is 14.1. The molecule has 0 aromatic heterocycles. The van der Waals surface area contributed by atoms with Crippen LogP contribution in [0.5, 0.6) is 0 Å². The Bertz CT molecular complexity index is 342. The number of cyclic esters (lactones) is 1. The number of rotatable bonds is 0. The summed E-state index contributed by atoms with van der Waals surface area (Å²) >= 11 is 17.2. The molecule has 1 aliphatic rings. The molecule has 1 aliphatic heterocycles. The monoisotopic (exact) mass is 286 g/mol. The summed E-state index contributed by atoms with van der Waals surface area (Å²) in [6.45, 7) is 6.23. The van der Waals surface area contributed by atoms with E-state index in [0.29, 0.717) is 0 Å². The number of carbonyl (C=O) groups is 2. The molecule has 0 aliphatic carbocycles. The van der Waals surface area contributed by atoms with E-state index in [4.69, 9.17) is 39.5 Å². The second-order valence-electron chi connectivity index (χ2n) is 5.00. The average molecular weight is 288 g/mol. The smallest absolute Gasteiger partial charge is 0.319 e. The largest absolute Gasteiger partial charge is 0.456 e. The Morgan fingerprint density at radius 2 is 1.56 bits per heavy atom. The fourth-order valence-corrected chi connectivity index (χ4v) is 2.85. The highest BCUT2D eigenvalue weighted by Crippen LogP contribution is 2.48. The minimum atomic E-state index is -1.81. The molecule has 0 radical (unpaired) electrons. The first-order valence-corrected chi connectivity index (χ1v) is 5.88. The van der Waals surface area contributed by atoms with Crippen LogP contribution in [0.4, 0.5) is 0 Å². The Labute approximate surface area is 109 Å². The normalized spacial score (nSPS) is 28.8. The van der Waals surface area contributed by atoms with Crippen LogP contribution in [0.3, 0.4) is 0 Å². The molecule has 1 heterocycles. The SMILES string of the molecule is CC1(C)C(=O)O[C@@H](C(Cl)(Cl)Cl)C(C)(C)C1=O. The standard InChI is InChI=1S/C10H13Cl3O3/c1-8(2)5(14)9(3,4)7(15)16-6(8)10(11,12)13/h6H,1-4H3/t6-/m1/s1. The molecule has 0 spiro atoms. The molecular formula is C10H13Cl3O3. The van der Waals surface area contributed by atoms with Crippen molar-refractivity contribution in [2.45, 2.75) is 37.6 Å². The summed E-state index contributed by atoms with van der Waals surface area (Å²) in [6.07, 6.45) is -1.07. The summed E-state index contributed by atoms with van der Waals surface area (Å²) in [5.74, 6) is -0.944. The van der Waals surface area contributed by atoms with Crippen LogP contribution in [0, 0.1) is 10.8 Å². The van der Waals surface area contributed by atoms with E-state index in [-0.39, 0.29) is 5.78 Å². The van der Waals surface area contributed by atoms with Crippen LogP contribution in [0.1, 0.15) is 27.7 Å². The van der Waals surface area contributed by atoms with Gasteiger partial charge in [0, 0.05) is 0 Å². The number of Topliss-reactive ketones (excluding diaryl/α,β-unsaturated/α-hetero) is 1. The topological polar surface area (TPSA) is 43.4 Å². The number of halogens is 3. The van der Waals surface area contributed by atoms with Crippen LogP contribution in [0.2, 0.25) is 0 Å². The molecular weight excluding hydrogens is 274 g/mol. The molecule has 0 saturated carbocycles. The molecule has 6 heteroatoms. The third-order valence-corrected chi connectivity index (χ3v) is 3.44. The number of hydrogen-bond donors (Lipinski definition) is 0. The summed E-state index contributed by atoms with van der Waals surface area (Å²) in [7, 11) is 0. The Morgan fingerprint density at radius 3 is 1.94 bits per heavy atom. The summed E-state index contributed by atoms with van der Waals surface area (Å²) < 4.78 is 3.28. The predicted octanol–water partition coefficient (Wildman–Crippen LogP) is 2.90. The maximum Gasteiger partial charge on any atom is 0.319 e. The first-order chi connectivity index (χ1) is 6.91. The Balaban J connectivity index is 3.22. The highest BCUT2D eigenvalue weighted by molar-refractivity contribution is 6.68. The zero-order valence-electron chi connectivity index (χ0n) is 9.44. The average Bonchev–Trinajstić information content (AvgIpc) is 2.07. The molecule has 0 amide bonds. The van der Waals surface area contributed by atoms with E-state index in [1.54, 1.807) is 13.8 Å². The van der Waals surface area contributed by atoms with Gasteiger partial charge in [-0.2, -0.15) is 0 Å². The zero-order chi connectivity index (χ0) is 12.9. The van der Waals surface area contributed by atoms with Crippen LogP contribution < -0.4 is 0 Å². The molecule has 3 nitrogen and oxygen atoms in total. The van der Waals surface area contributed by atoms with E-state index in [2.05, 4.69) is 0 Å². The van der Waals surface area contributed by atoms with Gasteiger partial charge in [-0.25, -0.2) is 0 Å². The van der Waals surface area contributed by atoms with Gasteiger partial charge in [-0.05, 0) is 27.7 Å². The fraction of sp³-hybridized carbons (Fsp3) is 0.800. The number of alkyl halides is 3. The van der Waals surface area contributed by atoms with Gasteiger partial charge in [0.1, 0.15) is 5.41 Å². The summed E-state index contributed by atoms with van der Waals surface area (Å²) in [5, 5.41) is 0. The van der Waals surface area contributed by atoms with Crippen molar-refractivity contribution in [2.75, 3.05) is 0 Å². The second-order valence-corrected chi connectivity index (χ2v) is 7.37. The van der Waals surface area contributed by atoms with Gasteiger partial charge in [0.15, 0.2) is 11.9 Å². The summed E-state index contributed by atoms with van der Waals surface area (Å²) in [5.41, 5.74) is -2.22. The highest BCUT2D eigenvalue weighted by atomic mass is 35.6. The van der Waals surface area contributed by atoms with Gasteiger partial charge >= 0.3 is 5.97 Å². The van der Waals surface area contributed by atoms with E-state index in [0.717, 1.165) is 0 Å². The lowest BCUT2D eigenvalue weighted by atomic mass is 9.68. The molecule has 0 unspecified atom stereocenters. The lowest BCUT2D eigenvalue weighted by Crippen LogP contribution is -2.59. The summed E-state index contributed by atoms with van der Waals surface area (Å²) in [6, 6.07) is 0. The van der Waals surface area contributed by atoms with Gasteiger partial charge in [0.2, 0.25) is 3.79 Å². The Morgan fingerprint density at radius 1 is 1.12 bits per heavy atom. The maximum absolute atomic E-state index is 12.2. The van der Waals surface area contributed by atoms with Crippen molar-refractivity contribution in [1.29, 1.82) is 0 Å². The van der Waals surface area contributed by atoms with E-state index in [9.17, 15) is 9.59 Å². The van der Waals surface area contributed by atoms with Crippen LogP contribution in [0.25, 0.3) is 0 Å². The van der Waals surface area contributed by atoms with Gasteiger partial charge in [-0.3, -0.25) is 9.59 Å². The zero-order valence-corrected chi connectivity index (χ0v) is 11.7. The third kappa shape index (κ3) is 2.05. The van der Waals surface area contributed by atoms with Crippen molar-refractivity contribution in [3.63, 3.8) is 0 Å². The van der Waals surface area contributed by atoms with Crippen molar-refractivity contribution in [1.82, 2.24) is 0 Å². The van der Waals surface area contributed by atoms with Crippen LogP contribution in [-0.4, -0.2) is 21.6 Å². The molecule has 1 rings (SSSR count). The van der Waals surface area contributed by atoms with Crippen molar-refractivity contribution >= 4 is 46.6 Å². The van der Waals surface area contributed by atoms with Gasteiger partial charge in [-0.15, -0.1) is 0 Å². The molecule has 0 N–H and O–H groups in total. The molecule has 0 aromatic carbocycles. The third-order valence-electron chi connectivity index (χ3n) is 2.84. The minimum absolute atomic E-state index is 0.285. The van der Waals surface area contributed by atoms with Crippen LogP contribution in [0.15, 0.2) is 0 Å². The van der Waals surface area contributed by atoms with Crippen molar-refractivity contribution in [3.8, 4) is 0 Å². The Kier molecular flexibility index (Phi) is 3.30. The lowest BCUT2D eigenvalue weighted by molar-refractivity contribution is -0.185. The number of hydrogen-bond acceptors (Lipinski definition) is 3. The van der Waals surface area contributed by atoms with E-state index >= 15 is 0 Å². The van der Waals surface area contributed by atoms with Crippen LogP contribution in [-0.2, 0) is 14.3 Å². The van der Waals surface area contributed by atoms with Crippen molar-refractivity contribution in [2.24, 2.45) is 10.8 Å². The molecule has 92 valence electrons. The number of ether oxygens (including phenoxy) is 1. The molecule has 0 bridgehead atoms. The number of esters is 1. The van der Waals surface area contributed by atoms with E-state index < -0.39 is 26.7 Å². The predicted molar refractivity (Wildman–Crippen MR) is 62.7 cm³/mol. The first-order valence-electron chi connectivity index (χ1n) is 4.74. The molecule has 1 saturated heterocycles. The summed E-state index contributed by atoms with van der Waals surface area (Å²) in [4.78, 5) is 23.8. The molecule has 1 fully saturated rings. The molecule has 16 heavy (non-hydrogen) atoms. The van der Waals surface area contributed by atoms with Gasteiger partial charge in [-0.1, -0.05) is 34.8 Å². The maximum atomic E-state index is 12.2. The van der Waals surface area contributed by atoms with Crippen LogP contribution >= 0.6 is 34.8 Å². The van der Waals surface area contributed by atoms with Gasteiger partial charge in [0.05, 0.1) is 5.41 Å². The Hall–Kier alpha value is 0.01000. The van der Waals surface area contributed by atoms with E-state index in [1.165, 1.54) is 13.8 Å². The quantitative estimate of drug-likeness (QED) is 0.391.